The number of amides is 1. The lowest BCUT2D eigenvalue weighted by Gasteiger charge is -2.38. The van der Waals surface area contributed by atoms with Gasteiger partial charge >= 0.3 is 0 Å². The van der Waals surface area contributed by atoms with E-state index in [1.807, 2.05) is 6.07 Å². The molecule has 2 atom stereocenters. The van der Waals surface area contributed by atoms with Gasteiger partial charge in [0.25, 0.3) is 5.91 Å². The molecule has 124 valence electrons. The van der Waals surface area contributed by atoms with Crippen molar-refractivity contribution in [3.63, 3.8) is 0 Å². The lowest BCUT2D eigenvalue weighted by atomic mass is 9.96. The van der Waals surface area contributed by atoms with E-state index in [1.165, 1.54) is 12.1 Å². The number of hydrogen-bond donors (Lipinski definition) is 1. The first-order valence-corrected chi connectivity index (χ1v) is 8.00. The highest BCUT2D eigenvalue weighted by atomic mass is 35.5. The first kappa shape index (κ1) is 17.7. The predicted molar refractivity (Wildman–Crippen MR) is 90.9 cm³/mol. The molecule has 5 heteroatoms. The average molecular weight is 337 g/mol. The molecule has 23 heavy (non-hydrogen) atoms. The zero-order valence-corrected chi connectivity index (χ0v) is 14.5. The van der Waals surface area contributed by atoms with Crippen molar-refractivity contribution in [2.75, 3.05) is 6.54 Å². The summed E-state index contributed by atoms with van der Waals surface area (Å²) >= 11 is 5.80. The van der Waals surface area contributed by atoms with Crippen LogP contribution in [0.15, 0.2) is 36.6 Å². The van der Waals surface area contributed by atoms with Gasteiger partial charge in [-0.15, -0.1) is 5.73 Å². The van der Waals surface area contributed by atoms with Crippen molar-refractivity contribution < 1.29 is 9.18 Å². The van der Waals surface area contributed by atoms with E-state index in [9.17, 15) is 9.18 Å². The SMILES string of the molecule is C=C=CC(=O)N[C@@H]1CCN(C(C)(C)C)[C@H]1c1ccc(Cl)c(F)c1. The first-order valence-electron chi connectivity index (χ1n) is 7.62. The molecule has 0 spiro atoms. The van der Waals surface area contributed by atoms with Gasteiger partial charge in [0.1, 0.15) is 5.82 Å². The minimum Gasteiger partial charge on any atom is -0.347 e. The summed E-state index contributed by atoms with van der Waals surface area (Å²) in [5, 5.41) is 3.07. The molecule has 0 radical (unpaired) electrons. The number of benzene rings is 1. The first-order chi connectivity index (χ1) is 10.7. The van der Waals surface area contributed by atoms with Crippen molar-refractivity contribution in [1.82, 2.24) is 10.2 Å². The summed E-state index contributed by atoms with van der Waals surface area (Å²) in [6, 6.07) is 4.63. The van der Waals surface area contributed by atoms with Crippen molar-refractivity contribution in [1.29, 1.82) is 0 Å². The highest BCUT2D eigenvalue weighted by Gasteiger charge is 2.41. The van der Waals surface area contributed by atoms with Gasteiger partial charge < -0.3 is 5.32 Å². The van der Waals surface area contributed by atoms with Gasteiger partial charge in [0.15, 0.2) is 0 Å². The van der Waals surface area contributed by atoms with E-state index in [0.29, 0.717) is 0 Å². The van der Waals surface area contributed by atoms with E-state index >= 15 is 0 Å². The van der Waals surface area contributed by atoms with Gasteiger partial charge in [0.05, 0.1) is 17.1 Å². The Labute approximate surface area is 141 Å². The second kappa shape index (κ2) is 6.88. The van der Waals surface area contributed by atoms with Crippen LogP contribution in [0.2, 0.25) is 5.02 Å². The van der Waals surface area contributed by atoms with E-state index in [-0.39, 0.29) is 28.6 Å². The summed E-state index contributed by atoms with van der Waals surface area (Å²) in [6.45, 7) is 10.6. The number of carbonyl (C=O) groups is 1. The van der Waals surface area contributed by atoms with Crippen molar-refractivity contribution in [2.24, 2.45) is 0 Å². The Morgan fingerprint density at radius 1 is 1.52 bits per heavy atom. The largest absolute Gasteiger partial charge is 0.347 e. The molecular formula is C18H22ClFN2O. The summed E-state index contributed by atoms with van der Waals surface area (Å²) in [5.74, 6) is -0.679. The van der Waals surface area contributed by atoms with Gasteiger partial charge in [0.2, 0.25) is 0 Å². The highest BCUT2D eigenvalue weighted by Crippen LogP contribution is 2.38. The molecule has 0 unspecified atom stereocenters. The molecule has 1 amide bonds. The smallest absolute Gasteiger partial charge is 0.252 e. The second-order valence-corrected chi connectivity index (χ2v) is 7.14. The van der Waals surface area contributed by atoms with Crippen molar-refractivity contribution in [3.05, 3.63) is 53.0 Å². The molecule has 1 saturated heterocycles. The Hall–Kier alpha value is -1.61. The normalized spacial score (nSPS) is 21.8. The van der Waals surface area contributed by atoms with Gasteiger partial charge in [-0.25, -0.2) is 4.39 Å². The molecule has 0 aliphatic carbocycles. The molecule has 1 N–H and O–H groups in total. The van der Waals surface area contributed by atoms with Crippen LogP contribution in [-0.4, -0.2) is 28.9 Å². The van der Waals surface area contributed by atoms with Crippen LogP contribution in [0.25, 0.3) is 0 Å². The quantitative estimate of drug-likeness (QED) is 0.671. The molecule has 1 aliphatic rings. The molecule has 3 nitrogen and oxygen atoms in total. The third kappa shape index (κ3) is 4.03. The summed E-state index contributed by atoms with van der Waals surface area (Å²) in [5.41, 5.74) is 3.19. The van der Waals surface area contributed by atoms with Gasteiger partial charge in [0, 0.05) is 18.2 Å². The third-order valence-corrected chi connectivity index (χ3v) is 4.41. The molecule has 1 heterocycles. The Morgan fingerprint density at radius 2 is 2.22 bits per heavy atom. The average Bonchev–Trinajstić information content (AvgIpc) is 2.85. The molecular weight excluding hydrogens is 315 g/mol. The standard InChI is InChI=1S/C18H22ClFN2O/c1-5-6-16(23)21-15-9-10-22(18(2,3)4)17(15)12-7-8-13(19)14(20)11-12/h6-8,11,15,17H,1,9-10H2,2-4H3,(H,21,23)/t15-,17+/m1/s1. The Kier molecular flexibility index (Phi) is 5.30. The van der Waals surface area contributed by atoms with Crippen molar-refractivity contribution in [2.45, 2.75) is 44.8 Å². The van der Waals surface area contributed by atoms with Crippen LogP contribution in [0.5, 0.6) is 0 Å². The van der Waals surface area contributed by atoms with Crippen LogP contribution in [0.1, 0.15) is 38.8 Å². The van der Waals surface area contributed by atoms with Gasteiger partial charge in [-0.1, -0.05) is 24.2 Å². The van der Waals surface area contributed by atoms with E-state index in [2.05, 4.69) is 43.3 Å². The molecule has 0 bridgehead atoms. The molecule has 0 saturated carbocycles. The Balaban J connectivity index is 2.37. The predicted octanol–water partition coefficient (Wildman–Crippen LogP) is 3.85. The second-order valence-electron chi connectivity index (χ2n) is 6.73. The maximum absolute atomic E-state index is 13.9. The van der Waals surface area contributed by atoms with Crippen LogP contribution in [0.3, 0.4) is 0 Å². The number of rotatable bonds is 3. The fourth-order valence-electron chi connectivity index (χ4n) is 3.12. The Bertz CT molecular complexity index is 647. The van der Waals surface area contributed by atoms with Crippen LogP contribution >= 0.6 is 11.6 Å². The summed E-state index contributed by atoms with van der Waals surface area (Å²) in [4.78, 5) is 14.1. The molecule has 1 aromatic rings. The van der Waals surface area contributed by atoms with E-state index in [1.54, 1.807) is 6.07 Å². The number of carbonyl (C=O) groups excluding carboxylic acids is 1. The molecule has 2 rings (SSSR count). The number of likely N-dealkylation sites (tertiary alicyclic amines) is 1. The number of hydrogen-bond acceptors (Lipinski definition) is 2. The monoisotopic (exact) mass is 336 g/mol. The van der Waals surface area contributed by atoms with E-state index < -0.39 is 5.82 Å². The summed E-state index contributed by atoms with van der Waals surface area (Å²) in [7, 11) is 0. The minimum atomic E-state index is -0.444. The zero-order chi connectivity index (χ0) is 17.2. The zero-order valence-electron chi connectivity index (χ0n) is 13.7. The number of nitrogens with zero attached hydrogens (tertiary/aromatic N) is 1. The topological polar surface area (TPSA) is 32.3 Å². The van der Waals surface area contributed by atoms with Gasteiger partial charge in [-0.3, -0.25) is 9.69 Å². The van der Waals surface area contributed by atoms with Crippen LogP contribution < -0.4 is 5.32 Å². The number of nitrogens with one attached hydrogen (secondary N) is 1. The lowest BCUT2D eigenvalue weighted by molar-refractivity contribution is -0.117. The fourth-order valence-corrected chi connectivity index (χ4v) is 3.24. The van der Waals surface area contributed by atoms with Crippen LogP contribution in [-0.2, 0) is 4.79 Å². The van der Waals surface area contributed by atoms with E-state index in [4.69, 9.17) is 11.6 Å². The van der Waals surface area contributed by atoms with Crippen LogP contribution in [0.4, 0.5) is 4.39 Å². The van der Waals surface area contributed by atoms with E-state index in [0.717, 1.165) is 18.5 Å². The molecule has 1 aromatic carbocycles. The van der Waals surface area contributed by atoms with Crippen molar-refractivity contribution in [3.8, 4) is 0 Å². The van der Waals surface area contributed by atoms with Crippen LogP contribution in [0, 0.1) is 5.82 Å². The number of halogens is 2. The minimum absolute atomic E-state index is 0.101. The summed E-state index contributed by atoms with van der Waals surface area (Å²) < 4.78 is 13.9. The molecule has 1 fully saturated rings. The lowest BCUT2D eigenvalue weighted by Crippen LogP contribution is -2.45. The summed E-state index contributed by atoms with van der Waals surface area (Å²) in [6.07, 6.45) is 2.07. The van der Waals surface area contributed by atoms with Gasteiger partial charge in [-0.2, -0.15) is 0 Å². The maximum atomic E-state index is 13.9. The fraction of sp³-hybridized carbons (Fsp3) is 0.444. The third-order valence-electron chi connectivity index (χ3n) is 4.11. The molecule has 1 aliphatic heterocycles. The molecule has 0 aromatic heterocycles. The maximum Gasteiger partial charge on any atom is 0.252 e. The van der Waals surface area contributed by atoms with Gasteiger partial charge in [-0.05, 0) is 44.9 Å². The van der Waals surface area contributed by atoms with Crippen molar-refractivity contribution >= 4 is 17.5 Å². The Morgan fingerprint density at radius 3 is 2.78 bits per heavy atom. The highest BCUT2D eigenvalue weighted by molar-refractivity contribution is 6.30.